The molecule has 5 rings (SSSR count). The molecule has 0 aromatic carbocycles. The van der Waals surface area contributed by atoms with Gasteiger partial charge in [0.05, 0.1) is 19.3 Å². The highest BCUT2D eigenvalue weighted by Gasteiger charge is 2.64. The molecule has 0 aromatic heterocycles. The average Bonchev–Trinajstić information content (AvgIpc) is 3.27. The first-order chi connectivity index (χ1) is 13.3. The Hall–Kier alpha value is -0.160. The van der Waals surface area contributed by atoms with E-state index in [1.165, 1.54) is 32.1 Å². The summed E-state index contributed by atoms with van der Waals surface area (Å²) < 4.78 is 12.1. The zero-order chi connectivity index (χ0) is 19.7. The summed E-state index contributed by atoms with van der Waals surface area (Å²) in [4.78, 5) is 0. The van der Waals surface area contributed by atoms with Crippen molar-refractivity contribution in [2.75, 3.05) is 19.8 Å². The van der Waals surface area contributed by atoms with E-state index in [0.29, 0.717) is 52.9 Å². The molecule has 4 heteroatoms. The van der Waals surface area contributed by atoms with Crippen molar-refractivity contribution in [3.63, 3.8) is 0 Å². The highest BCUT2D eigenvalue weighted by molar-refractivity contribution is 5.12. The van der Waals surface area contributed by atoms with Crippen molar-refractivity contribution < 1.29 is 19.7 Å². The molecule has 0 aromatic rings. The van der Waals surface area contributed by atoms with E-state index in [9.17, 15) is 10.2 Å². The lowest BCUT2D eigenvalue weighted by Gasteiger charge is -2.63. The monoisotopic (exact) mass is 392 g/mol. The molecule has 0 radical (unpaired) electrons. The molecule has 1 spiro atoms. The van der Waals surface area contributed by atoms with Crippen LogP contribution >= 0.6 is 0 Å². The van der Waals surface area contributed by atoms with E-state index in [-0.39, 0.29) is 11.9 Å². The van der Waals surface area contributed by atoms with Crippen LogP contribution in [-0.4, -0.2) is 41.9 Å². The van der Waals surface area contributed by atoms with Crippen LogP contribution in [-0.2, 0) is 9.47 Å². The summed E-state index contributed by atoms with van der Waals surface area (Å²) in [5.41, 5.74) is 0.605. The molecule has 28 heavy (non-hydrogen) atoms. The molecule has 1 aliphatic heterocycles. The number of rotatable bonds is 2. The Labute approximate surface area is 170 Å². The molecule has 5 fully saturated rings. The zero-order valence-electron chi connectivity index (χ0n) is 18.0. The molecular formula is C24H40O4. The Morgan fingerprint density at radius 3 is 2.39 bits per heavy atom. The highest BCUT2D eigenvalue weighted by atomic mass is 16.7. The quantitative estimate of drug-likeness (QED) is 0.746. The second kappa shape index (κ2) is 6.67. The van der Waals surface area contributed by atoms with Gasteiger partial charge in [0.2, 0.25) is 0 Å². The van der Waals surface area contributed by atoms with Crippen molar-refractivity contribution in [3.05, 3.63) is 0 Å². The van der Waals surface area contributed by atoms with Gasteiger partial charge in [0.15, 0.2) is 5.79 Å². The third kappa shape index (κ3) is 2.63. The predicted octanol–water partition coefficient (Wildman–Crippen LogP) is 3.99. The predicted molar refractivity (Wildman–Crippen MR) is 107 cm³/mol. The fourth-order valence-corrected chi connectivity index (χ4v) is 9.03. The van der Waals surface area contributed by atoms with E-state index in [1.54, 1.807) is 0 Å². The molecule has 4 nitrogen and oxygen atoms in total. The van der Waals surface area contributed by atoms with Crippen LogP contribution in [0.4, 0.5) is 0 Å². The number of aliphatic hydroxyl groups excluding tert-OH is 2. The molecule has 0 bridgehead atoms. The lowest BCUT2D eigenvalue weighted by atomic mass is 9.43. The first kappa shape index (κ1) is 19.8. The topological polar surface area (TPSA) is 58.9 Å². The molecule has 1 heterocycles. The van der Waals surface area contributed by atoms with Crippen molar-refractivity contribution in [1.82, 2.24) is 0 Å². The first-order valence-electron chi connectivity index (χ1n) is 11.9. The van der Waals surface area contributed by atoms with Crippen LogP contribution in [0.1, 0.15) is 72.1 Å². The lowest BCUT2D eigenvalue weighted by molar-refractivity contribution is -0.243. The van der Waals surface area contributed by atoms with Crippen molar-refractivity contribution in [3.8, 4) is 0 Å². The minimum absolute atomic E-state index is 0.188. The maximum absolute atomic E-state index is 11.4. The third-order valence-electron chi connectivity index (χ3n) is 10.5. The van der Waals surface area contributed by atoms with Crippen LogP contribution in [0.2, 0.25) is 0 Å². The standard InChI is InChI=1S/C24H40O4/c1-15(14-25)17-4-5-18-21-19(6-7-23(17,18)3)22(2)8-9-24(27-10-11-28-24)13-16(22)12-20(21)26/h15-21,25-26H,4-14H2,1-3H3/t15-,16?,17-,18?,19?,20?,21?,22+,23-/m1/s1. The number of aliphatic hydroxyl groups is 2. The fraction of sp³-hybridized carbons (Fsp3) is 1.00. The van der Waals surface area contributed by atoms with Gasteiger partial charge in [-0.1, -0.05) is 20.8 Å². The van der Waals surface area contributed by atoms with Crippen LogP contribution < -0.4 is 0 Å². The number of hydrogen-bond donors (Lipinski definition) is 2. The Morgan fingerprint density at radius 1 is 0.964 bits per heavy atom. The van der Waals surface area contributed by atoms with Gasteiger partial charge in [-0.3, -0.25) is 0 Å². The van der Waals surface area contributed by atoms with Gasteiger partial charge in [0.25, 0.3) is 0 Å². The molecule has 4 aliphatic carbocycles. The molecule has 5 aliphatic rings. The van der Waals surface area contributed by atoms with Crippen molar-refractivity contribution in [2.24, 2.45) is 46.3 Å². The second-order valence-corrected chi connectivity index (χ2v) is 11.5. The van der Waals surface area contributed by atoms with Crippen LogP contribution in [0.5, 0.6) is 0 Å². The second-order valence-electron chi connectivity index (χ2n) is 11.5. The average molecular weight is 393 g/mol. The van der Waals surface area contributed by atoms with Gasteiger partial charge in [0, 0.05) is 19.4 Å². The Kier molecular flexibility index (Phi) is 4.71. The van der Waals surface area contributed by atoms with Crippen LogP contribution in [0.15, 0.2) is 0 Å². The summed E-state index contributed by atoms with van der Waals surface area (Å²) in [6.07, 6.45) is 8.86. The Balaban J connectivity index is 1.42. The first-order valence-corrected chi connectivity index (χ1v) is 11.9. The largest absolute Gasteiger partial charge is 0.396 e. The van der Waals surface area contributed by atoms with E-state index in [1.807, 2.05) is 0 Å². The molecule has 160 valence electrons. The van der Waals surface area contributed by atoms with Gasteiger partial charge < -0.3 is 19.7 Å². The van der Waals surface area contributed by atoms with Gasteiger partial charge in [0.1, 0.15) is 0 Å². The highest BCUT2D eigenvalue weighted by Crippen LogP contribution is 2.69. The Bertz CT molecular complexity index is 601. The van der Waals surface area contributed by atoms with Crippen molar-refractivity contribution in [2.45, 2.75) is 84.0 Å². The lowest BCUT2D eigenvalue weighted by Crippen LogP contribution is -2.60. The molecule has 9 atom stereocenters. The molecule has 1 saturated heterocycles. The van der Waals surface area contributed by atoms with Gasteiger partial charge in [-0.2, -0.15) is 0 Å². The van der Waals surface area contributed by atoms with Gasteiger partial charge in [-0.05, 0) is 84.9 Å². The number of fused-ring (bicyclic) bond motifs is 5. The third-order valence-corrected chi connectivity index (χ3v) is 10.5. The van der Waals surface area contributed by atoms with E-state index < -0.39 is 0 Å². The summed E-state index contributed by atoms with van der Waals surface area (Å²) in [7, 11) is 0. The fourth-order valence-electron chi connectivity index (χ4n) is 9.03. The number of hydrogen-bond acceptors (Lipinski definition) is 4. The van der Waals surface area contributed by atoms with E-state index in [0.717, 1.165) is 32.5 Å². The summed E-state index contributed by atoms with van der Waals surface area (Å²) in [6, 6.07) is 0. The van der Waals surface area contributed by atoms with E-state index >= 15 is 0 Å². The summed E-state index contributed by atoms with van der Waals surface area (Å²) in [6.45, 7) is 8.97. The SMILES string of the molecule is C[C@H](CO)[C@H]1CCC2C3C(O)CC4CC5(CC[C@]4(C)C3CC[C@@]21C)OCCO5. The maximum atomic E-state index is 11.4. The Morgan fingerprint density at radius 2 is 1.68 bits per heavy atom. The zero-order valence-corrected chi connectivity index (χ0v) is 18.0. The molecule has 2 N–H and O–H groups in total. The summed E-state index contributed by atoms with van der Waals surface area (Å²) in [5.74, 6) is 2.82. The van der Waals surface area contributed by atoms with Gasteiger partial charge in [-0.15, -0.1) is 0 Å². The van der Waals surface area contributed by atoms with Gasteiger partial charge >= 0.3 is 0 Å². The maximum Gasteiger partial charge on any atom is 0.168 e. The van der Waals surface area contributed by atoms with E-state index in [2.05, 4.69) is 20.8 Å². The van der Waals surface area contributed by atoms with Crippen LogP contribution in [0, 0.1) is 46.3 Å². The van der Waals surface area contributed by atoms with E-state index in [4.69, 9.17) is 9.47 Å². The molecular weight excluding hydrogens is 352 g/mol. The van der Waals surface area contributed by atoms with Crippen molar-refractivity contribution >= 4 is 0 Å². The van der Waals surface area contributed by atoms with Gasteiger partial charge in [-0.25, -0.2) is 0 Å². The molecule has 5 unspecified atom stereocenters. The minimum atomic E-state index is -0.352. The number of ether oxygens (including phenoxy) is 2. The summed E-state index contributed by atoms with van der Waals surface area (Å²) in [5, 5.41) is 21.2. The molecule has 4 saturated carbocycles. The normalized spacial score (nSPS) is 53.5. The van der Waals surface area contributed by atoms with Crippen molar-refractivity contribution in [1.29, 1.82) is 0 Å². The van der Waals surface area contributed by atoms with Crippen LogP contribution in [0.25, 0.3) is 0 Å². The smallest absolute Gasteiger partial charge is 0.168 e. The summed E-state index contributed by atoms with van der Waals surface area (Å²) >= 11 is 0. The van der Waals surface area contributed by atoms with Crippen LogP contribution in [0.3, 0.4) is 0 Å². The molecule has 0 amide bonds. The minimum Gasteiger partial charge on any atom is -0.396 e.